The van der Waals surface area contributed by atoms with Crippen LogP contribution in [0.1, 0.15) is 36.8 Å². The Kier molecular flexibility index (Phi) is 3.17. The summed E-state index contributed by atoms with van der Waals surface area (Å²) in [6.07, 6.45) is 6.74. The molecule has 1 aliphatic rings. The Morgan fingerprint density at radius 1 is 1.50 bits per heavy atom. The van der Waals surface area contributed by atoms with Crippen LogP contribution < -0.4 is 0 Å². The van der Waals surface area contributed by atoms with Gasteiger partial charge in [0, 0.05) is 18.3 Å². The average Bonchev–Trinajstić information content (AvgIpc) is 2.28. The van der Waals surface area contributed by atoms with Crippen molar-refractivity contribution in [2.24, 2.45) is 5.92 Å². The van der Waals surface area contributed by atoms with Gasteiger partial charge >= 0.3 is 5.97 Å². The quantitative estimate of drug-likeness (QED) is 0.840. The minimum absolute atomic E-state index is 0.415. The number of rotatable bonds is 3. The first-order valence-corrected chi connectivity index (χ1v) is 5.73. The molecule has 16 heavy (non-hydrogen) atoms. The van der Waals surface area contributed by atoms with E-state index in [1.807, 2.05) is 6.20 Å². The highest BCUT2D eigenvalue weighted by atomic mass is 16.4. The Bertz CT molecular complexity index is 404. The molecule has 4 heteroatoms. The van der Waals surface area contributed by atoms with Gasteiger partial charge in [0.25, 0.3) is 0 Å². The van der Waals surface area contributed by atoms with Gasteiger partial charge in [-0.3, -0.25) is 4.79 Å². The number of carboxylic acids is 1. The summed E-state index contributed by atoms with van der Waals surface area (Å²) in [7, 11) is 0. The van der Waals surface area contributed by atoms with Crippen molar-refractivity contribution in [3.8, 4) is 0 Å². The second-order valence-electron chi connectivity index (χ2n) is 4.41. The first-order valence-electron chi connectivity index (χ1n) is 5.73. The summed E-state index contributed by atoms with van der Waals surface area (Å²) in [5, 5.41) is 8.83. The molecule has 0 amide bonds. The molecule has 0 aromatic carbocycles. The number of carboxylic acid groups (broad SMARTS) is 1. The van der Waals surface area contributed by atoms with Gasteiger partial charge in [-0.2, -0.15) is 0 Å². The van der Waals surface area contributed by atoms with E-state index in [1.165, 1.54) is 18.4 Å². The van der Waals surface area contributed by atoms with Gasteiger partial charge in [0.1, 0.15) is 5.82 Å². The second kappa shape index (κ2) is 4.60. The highest BCUT2D eigenvalue weighted by Gasteiger charge is 2.16. The zero-order valence-electron chi connectivity index (χ0n) is 9.44. The standard InChI is InChI=1S/C12H16N2O2/c1-8(12(15)16)6-11-13-7-9-4-2-3-5-10(9)14-11/h7-8H,2-6H2,1H3,(H,15,16). The number of hydrogen-bond donors (Lipinski definition) is 1. The molecule has 86 valence electrons. The third-order valence-electron chi connectivity index (χ3n) is 3.02. The van der Waals surface area contributed by atoms with Crippen LogP contribution in [0.4, 0.5) is 0 Å². The molecule has 0 saturated heterocycles. The maximum atomic E-state index is 10.7. The maximum absolute atomic E-state index is 10.7. The third kappa shape index (κ3) is 2.38. The van der Waals surface area contributed by atoms with Crippen LogP contribution in [0.5, 0.6) is 0 Å². The summed E-state index contributed by atoms with van der Waals surface area (Å²) >= 11 is 0. The number of fused-ring (bicyclic) bond motifs is 1. The fraction of sp³-hybridized carbons (Fsp3) is 0.583. The van der Waals surface area contributed by atoms with Crippen molar-refractivity contribution >= 4 is 5.97 Å². The van der Waals surface area contributed by atoms with Gasteiger partial charge in [-0.25, -0.2) is 9.97 Å². The van der Waals surface area contributed by atoms with Crippen LogP contribution in [0.25, 0.3) is 0 Å². The van der Waals surface area contributed by atoms with Gasteiger partial charge in [-0.05, 0) is 31.2 Å². The Balaban J connectivity index is 2.14. The Labute approximate surface area is 94.7 Å². The zero-order valence-corrected chi connectivity index (χ0v) is 9.44. The predicted molar refractivity (Wildman–Crippen MR) is 59.2 cm³/mol. The minimum Gasteiger partial charge on any atom is -0.481 e. The summed E-state index contributed by atoms with van der Waals surface area (Å²) in [5.74, 6) is -0.543. The summed E-state index contributed by atoms with van der Waals surface area (Å²) in [4.78, 5) is 19.4. The van der Waals surface area contributed by atoms with Crippen molar-refractivity contribution < 1.29 is 9.90 Å². The molecule has 1 unspecified atom stereocenters. The second-order valence-corrected chi connectivity index (χ2v) is 4.41. The van der Waals surface area contributed by atoms with Crippen LogP contribution in [0.2, 0.25) is 0 Å². The van der Waals surface area contributed by atoms with Crippen LogP contribution in [0.3, 0.4) is 0 Å². The Morgan fingerprint density at radius 3 is 3.00 bits per heavy atom. The lowest BCUT2D eigenvalue weighted by Gasteiger charge is -2.15. The van der Waals surface area contributed by atoms with E-state index in [1.54, 1.807) is 6.92 Å². The third-order valence-corrected chi connectivity index (χ3v) is 3.02. The number of aliphatic carboxylic acids is 1. The summed E-state index contributed by atoms with van der Waals surface area (Å²) < 4.78 is 0. The summed E-state index contributed by atoms with van der Waals surface area (Å²) in [6.45, 7) is 1.69. The Morgan fingerprint density at radius 2 is 2.25 bits per heavy atom. The summed E-state index contributed by atoms with van der Waals surface area (Å²) in [6, 6.07) is 0. The molecule has 0 aliphatic heterocycles. The summed E-state index contributed by atoms with van der Waals surface area (Å²) in [5.41, 5.74) is 2.35. The molecule has 4 nitrogen and oxygen atoms in total. The molecular formula is C12H16N2O2. The minimum atomic E-state index is -0.790. The molecule has 0 fully saturated rings. The largest absolute Gasteiger partial charge is 0.481 e. The molecule has 1 aromatic rings. The molecule has 1 N–H and O–H groups in total. The molecular weight excluding hydrogens is 204 g/mol. The van der Waals surface area contributed by atoms with Gasteiger partial charge in [0.15, 0.2) is 0 Å². The van der Waals surface area contributed by atoms with Crippen molar-refractivity contribution in [2.75, 3.05) is 0 Å². The molecule has 1 aromatic heterocycles. The maximum Gasteiger partial charge on any atom is 0.306 e. The normalized spacial score (nSPS) is 16.6. The molecule has 1 aliphatic carbocycles. The number of hydrogen-bond acceptors (Lipinski definition) is 3. The lowest BCUT2D eigenvalue weighted by atomic mass is 9.97. The van der Waals surface area contributed by atoms with Crippen LogP contribution >= 0.6 is 0 Å². The van der Waals surface area contributed by atoms with E-state index in [2.05, 4.69) is 9.97 Å². The van der Waals surface area contributed by atoms with Gasteiger partial charge < -0.3 is 5.11 Å². The van der Waals surface area contributed by atoms with Crippen molar-refractivity contribution in [2.45, 2.75) is 39.0 Å². The van der Waals surface area contributed by atoms with E-state index >= 15 is 0 Å². The van der Waals surface area contributed by atoms with Crippen molar-refractivity contribution in [3.63, 3.8) is 0 Å². The molecule has 0 bridgehead atoms. The van der Waals surface area contributed by atoms with Crippen molar-refractivity contribution in [3.05, 3.63) is 23.3 Å². The molecule has 1 heterocycles. The van der Waals surface area contributed by atoms with Gasteiger partial charge in [0.05, 0.1) is 5.92 Å². The number of aromatic nitrogens is 2. The van der Waals surface area contributed by atoms with Gasteiger partial charge in [0.2, 0.25) is 0 Å². The van der Waals surface area contributed by atoms with Crippen molar-refractivity contribution in [1.29, 1.82) is 0 Å². The van der Waals surface area contributed by atoms with Crippen LogP contribution in [0.15, 0.2) is 6.20 Å². The number of carbonyl (C=O) groups is 1. The predicted octanol–water partition coefficient (Wildman–Crippen LogP) is 1.62. The first-order chi connectivity index (χ1) is 7.66. The van der Waals surface area contributed by atoms with Crippen LogP contribution in [-0.2, 0) is 24.1 Å². The molecule has 0 radical (unpaired) electrons. The first kappa shape index (κ1) is 11.0. The fourth-order valence-electron chi connectivity index (χ4n) is 1.98. The van der Waals surface area contributed by atoms with E-state index in [-0.39, 0.29) is 0 Å². The number of nitrogens with zero attached hydrogens (tertiary/aromatic N) is 2. The smallest absolute Gasteiger partial charge is 0.306 e. The molecule has 0 spiro atoms. The van der Waals surface area contributed by atoms with Gasteiger partial charge in [-0.15, -0.1) is 0 Å². The highest BCUT2D eigenvalue weighted by Crippen LogP contribution is 2.18. The van der Waals surface area contributed by atoms with Crippen LogP contribution in [0, 0.1) is 5.92 Å². The zero-order chi connectivity index (χ0) is 11.5. The lowest BCUT2D eigenvalue weighted by molar-refractivity contribution is -0.141. The highest BCUT2D eigenvalue weighted by molar-refractivity contribution is 5.69. The monoisotopic (exact) mass is 220 g/mol. The van der Waals surface area contributed by atoms with E-state index in [0.717, 1.165) is 18.5 Å². The van der Waals surface area contributed by atoms with E-state index < -0.39 is 11.9 Å². The topological polar surface area (TPSA) is 63.1 Å². The molecule has 2 rings (SSSR count). The molecule has 0 saturated carbocycles. The van der Waals surface area contributed by atoms with E-state index in [0.29, 0.717) is 12.2 Å². The Hall–Kier alpha value is -1.45. The molecule has 1 atom stereocenters. The SMILES string of the molecule is CC(Cc1ncc2c(n1)CCCC2)C(=O)O. The van der Waals surface area contributed by atoms with Crippen LogP contribution in [-0.4, -0.2) is 21.0 Å². The van der Waals surface area contributed by atoms with Gasteiger partial charge in [-0.1, -0.05) is 6.92 Å². The average molecular weight is 220 g/mol. The van der Waals surface area contributed by atoms with E-state index in [4.69, 9.17) is 5.11 Å². The fourth-order valence-corrected chi connectivity index (χ4v) is 1.98. The number of aryl methyl sites for hydroxylation is 2. The van der Waals surface area contributed by atoms with Crippen molar-refractivity contribution in [1.82, 2.24) is 9.97 Å². The van der Waals surface area contributed by atoms with E-state index in [9.17, 15) is 4.79 Å². The lowest BCUT2D eigenvalue weighted by Crippen LogP contribution is -2.16.